The monoisotopic (exact) mass is 283 g/mol. The number of thiophene rings is 1. The number of nitrogens with one attached hydrogen (secondary N) is 1. The maximum absolute atomic E-state index is 6.26. The summed E-state index contributed by atoms with van der Waals surface area (Å²) in [6.45, 7) is 3.88. The summed E-state index contributed by atoms with van der Waals surface area (Å²) in [6, 6.07) is 10.3. The number of rotatable bonds is 5. The Balaban J connectivity index is 2.23. The molecule has 90 valence electrons. The molecule has 1 heterocycles. The molecule has 0 saturated heterocycles. The van der Waals surface area contributed by atoms with Crippen LogP contribution in [0.5, 0.6) is 0 Å². The van der Waals surface area contributed by atoms with Crippen molar-refractivity contribution in [3.63, 3.8) is 0 Å². The molecule has 0 spiro atoms. The van der Waals surface area contributed by atoms with Crippen molar-refractivity contribution in [1.29, 1.82) is 0 Å². The van der Waals surface area contributed by atoms with Gasteiger partial charge in [0.2, 0.25) is 0 Å². The molecule has 0 fully saturated rings. The van der Waals surface area contributed by atoms with Gasteiger partial charge in [-0.1, -0.05) is 42.4 Å². The Morgan fingerprint density at radius 2 is 2.18 bits per heavy atom. The Labute approximate surface area is 115 Å². The van der Waals surface area contributed by atoms with Gasteiger partial charge in [0.05, 0.1) is 4.21 Å². The molecule has 1 nitrogen and oxygen atoms in total. The zero-order valence-corrected chi connectivity index (χ0v) is 12.0. The van der Waals surface area contributed by atoms with E-state index in [0.29, 0.717) is 0 Å². The highest BCUT2D eigenvalue weighted by Gasteiger charge is 2.08. The first-order valence-electron chi connectivity index (χ1n) is 5.50. The van der Waals surface area contributed by atoms with E-state index in [0.717, 1.165) is 18.1 Å². The van der Waals surface area contributed by atoms with Crippen molar-refractivity contribution in [1.82, 2.24) is 5.32 Å². The van der Waals surface area contributed by atoms with E-state index >= 15 is 0 Å². The first kappa shape index (κ1) is 13.0. The molecule has 0 unspecified atom stereocenters. The maximum atomic E-state index is 6.26. The molecular weight excluding hydrogens is 270 g/mol. The largest absolute Gasteiger partial charge is 0.313 e. The van der Waals surface area contributed by atoms with Crippen LogP contribution >= 0.6 is 34.7 Å². The SMILES string of the molecule is CCNCc1c(Cl)cccc1Sc1cccs1. The lowest BCUT2D eigenvalue weighted by atomic mass is 10.2. The normalized spacial score (nSPS) is 10.7. The fourth-order valence-corrected chi connectivity index (χ4v) is 3.68. The van der Waals surface area contributed by atoms with E-state index in [-0.39, 0.29) is 0 Å². The van der Waals surface area contributed by atoms with Crippen molar-refractivity contribution in [3.05, 3.63) is 46.3 Å². The van der Waals surface area contributed by atoms with Gasteiger partial charge in [0.1, 0.15) is 0 Å². The van der Waals surface area contributed by atoms with Crippen LogP contribution in [0.3, 0.4) is 0 Å². The van der Waals surface area contributed by atoms with Gasteiger partial charge in [-0.15, -0.1) is 11.3 Å². The Bertz CT molecular complexity index is 468. The number of hydrogen-bond acceptors (Lipinski definition) is 3. The average Bonchev–Trinajstić information content (AvgIpc) is 2.81. The zero-order valence-electron chi connectivity index (χ0n) is 9.57. The van der Waals surface area contributed by atoms with Crippen molar-refractivity contribution in [2.45, 2.75) is 22.6 Å². The van der Waals surface area contributed by atoms with Crippen LogP contribution in [0.1, 0.15) is 12.5 Å². The fourth-order valence-electron chi connectivity index (χ4n) is 1.49. The third-order valence-electron chi connectivity index (χ3n) is 2.33. The second-order valence-electron chi connectivity index (χ2n) is 3.53. The number of hydrogen-bond donors (Lipinski definition) is 1. The van der Waals surface area contributed by atoms with Crippen molar-refractivity contribution in [2.75, 3.05) is 6.54 Å². The molecule has 4 heteroatoms. The predicted molar refractivity (Wildman–Crippen MR) is 77.3 cm³/mol. The van der Waals surface area contributed by atoms with Gasteiger partial charge in [-0.05, 0) is 35.7 Å². The average molecular weight is 284 g/mol. The molecule has 0 aliphatic carbocycles. The standard InChI is InChI=1S/C13H14ClNS2/c1-2-15-9-10-11(14)5-3-6-12(10)17-13-7-4-8-16-13/h3-8,15H,2,9H2,1H3. The van der Waals surface area contributed by atoms with Crippen molar-refractivity contribution < 1.29 is 0 Å². The van der Waals surface area contributed by atoms with Gasteiger partial charge < -0.3 is 5.32 Å². The minimum absolute atomic E-state index is 0.823. The van der Waals surface area contributed by atoms with Gasteiger partial charge in [-0.2, -0.15) is 0 Å². The second-order valence-corrected chi connectivity index (χ2v) is 6.23. The Hall–Kier alpha value is -0.480. The highest BCUT2D eigenvalue weighted by atomic mass is 35.5. The lowest BCUT2D eigenvalue weighted by molar-refractivity contribution is 0.718. The third-order valence-corrected chi connectivity index (χ3v) is 4.83. The molecule has 0 saturated carbocycles. The molecule has 1 aromatic heterocycles. The maximum Gasteiger partial charge on any atom is 0.0646 e. The molecule has 1 N–H and O–H groups in total. The molecule has 1 aromatic carbocycles. The van der Waals surface area contributed by atoms with Crippen LogP contribution in [0, 0.1) is 0 Å². The van der Waals surface area contributed by atoms with Crippen LogP contribution in [-0.4, -0.2) is 6.54 Å². The first-order chi connectivity index (χ1) is 8.31. The van der Waals surface area contributed by atoms with E-state index in [9.17, 15) is 0 Å². The Kier molecular flexibility index (Phi) is 4.92. The van der Waals surface area contributed by atoms with Gasteiger partial charge in [-0.3, -0.25) is 0 Å². The quantitative estimate of drug-likeness (QED) is 0.856. The van der Waals surface area contributed by atoms with Gasteiger partial charge >= 0.3 is 0 Å². The number of benzene rings is 1. The van der Waals surface area contributed by atoms with E-state index in [1.807, 2.05) is 12.1 Å². The molecule has 0 atom stereocenters. The predicted octanol–water partition coefficient (Wildman–Crippen LogP) is 4.66. The van der Waals surface area contributed by atoms with E-state index in [1.165, 1.54) is 14.7 Å². The van der Waals surface area contributed by atoms with E-state index < -0.39 is 0 Å². The molecule has 0 bridgehead atoms. The highest BCUT2D eigenvalue weighted by molar-refractivity contribution is 8.01. The lowest BCUT2D eigenvalue weighted by Crippen LogP contribution is -2.12. The smallest absolute Gasteiger partial charge is 0.0646 e. The molecular formula is C13H14ClNS2. The summed E-state index contributed by atoms with van der Waals surface area (Å²) in [7, 11) is 0. The third kappa shape index (κ3) is 3.49. The number of halogens is 1. The summed E-state index contributed by atoms with van der Waals surface area (Å²) < 4.78 is 1.30. The summed E-state index contributed by atoms with van der Waals surface area (Å²) >= 11 is 9.79. The van der Waals surface area contributed by atoms with Crippen LogP contribution in [0.25, 0.3) is 0 Å². The summed E-state index contributed by atoms with van der Waals surface area (Å²) in [5.41, 5.74) is 1.19. The molecule has 17 heavy (non-hydrogen) atoms. The van der Waals surface area contributed by atoms with Crippen LogP contribution in [-0.2, 0) is 6.54 Å². The zero-order chi connectivity index (χ0) is 12.1. The van der Waals surface area contributed by atoms with Gasteiger partial charge in [0.15, 0.2) is 0 Å². The molecule has 0 aliphatic rings. The highest BCUT2D eigenvalue weighted by Crippen LogP contribution is 2.35. The van der Waals surface area contributed by atoms with Gasteiger partial charge in [0, 0.05) is 16.5 Å². The molecule has 0 amide bonds. The van der Waals surface area contributed by atoms with Crippen molar-refractivity contribution in [3.8, 4) is 0 Å². The summed E-state index contributed by atoms with van der Waals surface area (Å²) in [6.07, 6.45) is 0. The minimum Gasteiger partial charge on any atom is -0.313 e. The summed E-state index contributed by atoms with van der Waals surface area (Å²) in [5, 5.41) is 6.27. The van der Waals surface area contributed by atoms with E-state index in [4.69, 9.17) is 11.6 Å². The Morgan fingerprint density at radius 3 is 2.88 bits per heavy atom. The van der Waals surface area contributed by atoms with Gasteiger partial charge in [-0.25, -0.2) is 0 Å². The minimum atomic E-state index is 0.823. The molecule has 2 aromatic rings. The van der Waals surface area contributed by atoms with Crippen LogP contribution < -0.4 is 5.32 Å². The van der Waals surface area contributed by atoms with Crippen molar-refractivity contribution >= 4 is 34.7 Å². The van der Waals surface area contributed by atoms with Crippen LogP contribution in [0.2, 0.25) is 5.02 Å². The summed E-state index contributed by atoms with van der Waals surface area (Å²) in [5.74, 6) is 0. The van der Waals surface area contributed by atoms with Crippen LogP contribution in [0.15, 0.2) is 44.8 Å². The fraction of sp³-hybridized carbons (Fsp3) is 0.231. The lowest BCUT2D eigenvalue weighted by Gasteiger charge is -2.10. The van der Waals surface area contributed by atoms with E-state index in [2.05, 4.69) is 35.8 Å². The Morgan fingerprint density at radius 1 is 1.29 bits per heavy atom. The molecule has 0 aliphatic heterocycles. The summed E-state index contributed by atoms with van der Waals surface area (Å²) in [4.78, 5) is 1.24. The van der Waals surface area contributed by atoms with Gasteiger partial charge in [0.25, 0.3) is 0 Å². The van der Waals surface area contributed by atoms with E-state index in [1.54, 1.807) is 23.1 Å². The van der Waals surface area contributed by atoms with Crippen LogP contribution in [0.4, 0.5) is 0 Å². The topological polar surface area (TPSA) is 12.0 Å². The second kappa shape index (κ2) is 6.45. The molecule has 2 rings (SSSR count). The first-order valence-corrected chi connectivity index (χ1v) is 7.58. The molecule has 0 radical (unpaired) electrons. The van der Waals surface area contributed by atoms with Crippen molar-refractivity contribution in [2.24, 2.45) is 0 Å².